The average molecular weight is 328 g/mol. The zero-order valence-electron chi connectivity index (χ0n) is 14.2. The molecule has 6 heteroatoms. The van der Waals surface area contributed by atoms with Crippen molar-refractivity contribution in [2.24, 2.45) is 5.73 Å². The molecule has 24 heavy (non-hydrogen) atoms. The molecule has 1 aromatic carbocycles. The first kappa shape index (κ1) is 16.5. The van der Waals surface area contributed by atoms with Crippen LogP contribution >= 0.6 is 0 Å². The summed E-state index contributed by atoms with van der Waals surface area (Å²) in [6.45, 7) is 3.82. The van der Waals surface area contributed by atoms with Crippen molar-refractivity contribution >= 4 is 28.2 Å². The van der Waals surface area contributed by atoms with Crippen LogP contribution in [-0.2, 0) is 4.79 Å². The molecular formula is C18H24N4O2. The fourth-order valence-electron chi connectivity index (χ4n) is 3.39. The van der Waals surface area contributed by atoms with E-state index in [0.29, 0.717) is 5.82 Å². The van der Waals surface area contributed by atoms with Crippen LogP contribution in [0.25, 0.3) is 10.8 Å². The maximum atomic E-state index is 11.1. The van der Waals surface area contributed by atoms with E-state index in [4.69, 9.17) is 10.8 Å². The molecule has 1 aliphatic heterocycles. The smallest absolute Gasteiger partial charge is 0.323 e. The van der Waals surface area contributed by atoms with E-state index >= 15 is 0 Å². The molecule has 0 saturated carbocycles. The molecule has 0 atom stereocenters. The van der Waals surface area contributed by atoms with Gasteiger partial charge in [0, 0.05) is 37.0 Å². The lowest BCUT2D eigenvalue weighted by Gasteiger charge is -2.33. The minimum atomic E-state index is -0.866. The Morgan fingerprint density at radius 2 is 2.12 bits per heavy atom. The molecule has 6 nitrogen and oxygen atoms in total. The second-order valence-corrected chi connectivity index (χ2v) is 6.54. The van der Waals surface area contributed by atoms with Gasteiger partial charge in [-0.3, -0.25) is 4.79 Å². The number of fused-ring (bicyclic) bond motifs is 1. The van der Waals surface area contributed by atoms with Crippen molar-refractivity contribution in [3.05, 3.63) is 30.0 Å². The van der Waals surface area contributed by atoms with Crippen LogP contribution in [0.2, 0.25) is 0 Å². The highest BCUT2D eigenvalue weighted by Crippen LogP contribution is 2.35. The standard InChI is InChI=1S/C18H24N4O2/c1-12-4-3-5-14-15(22-8-6-13(19)7-9-22)10-20-18(17(12)14)21(2)11-16(23)24/h3-5,10,13H,6-9,11,19H2,1-2H3,(H,23,24). The summed E-state index contributed by atoms with van der Waals surface area (Å²) in [6.07, 6.45) is 3.83. The normalized spacial score (nSPS) is 15.7. The zero-order chi connectivity index (χ0) is 17.3. The molecule has 2 heterocycles. The van der Waals surface area contributed by atoms with E-state index in [1.54, 1.807) is 11.9 Å². The maximum absolute atomic E-state index is 11.1. The number of likely N-dealkylation sites (N-methyl/N-ethyl adjacent to an activating group) is 1. The largest absolute Gasteiger partial charge is 0.480 e. The Hall–Kier alpha value is -2.34. The van der Waals surface area contributed by atoms with Crippen LogP contribution in [0, 0.1) is 6.92 Å². The Bertz CT molecular complexity index is 754. The number of nitrogens with two attached hydrogens (primary N) is 1. The van der Waals surface area contributed by atoms with Gasteiger partial charge in [-0.2, -0.15) is 0 Å². The molecule has 128 valence electrons. The lowest BCUT2D eigenvalue weighted by atomic mass is 10.0. The van der Waals surface area contributed by atoms with Crippen molar-refractivity contribution in [3.63, 3.8) is 0 Å². The molecule has 0 radical (unpaired) electrons. The first-order valence-electron chi connectivity index (χ1n) is 8.29. The number of anilines is 2. The number of benzene rings is 1. The number of carboxylic acid groups (broad SMARTS) is 1. The fourth-order valence-corrected chi connectivity index (χ4v) is 3.39. The van der Waals surface area contributed by atoms with E-state index < -0.39 is 5.97 Å². The minimum Gasteiger partial charge on any atom is -0.480 e. The number of carbonyl (C=O) groups is 1. The van der Waals surface area contributed by atoms with Crippen LogP contribution in [0.3, 0.4) is 0 Å². The van der Waals surface area contributed by atoms with Gasteiger partial charge in [0.2, 0.25) is 0 Å². The Kier molecular flexibility index (Phi) is 4.57. The SMILES string of the molecule is Cc1cccc2c(N3CCC(N)CC3)cnc(N(C)CC(=O)O)c12. The van der Waals surface area contributed by atoms with E-state index in [0.717, 1.165) is 48.0 Å². The summed E-state index contributed by atoms with van der Waals surface area (Å²) in [5, 5.41) is 11.2. The minimum absolute atomic E-state index is 0.0751. The first-order chi connectivity index (χ1) is 11.5. The Morgan fingerprint density at radius 1 is 1.42 bits per heavy atom. The fraction of sp³-hybridized carbons (Fsp3) is 0.444. The summed E-state index contributed by atoms with van der Waals surface area (Å²) in [5.74, 6) is -0.155. The van der Waals surface area contributed by atoms with Crippen LogP contribution < -0.4 is 15.5 Å². The molecule has 0 amide bonds. The molecule has 1 aliphatic rings. The Labute approximate surface area is 141 Å². The highest BCUT2D eigenvalue weighted by atomic mass is 16.4. The van der Waals surface area contributed by atoms with Crippen molar-refractivity contribution in [1.82, 2.24) is 4.98 Å². The van der Waals surface area contributed by atoms with Gasteiger partial charge in [-0.25, -0.2) is 4.98 Å². The topological polar surface area (TPSA) is 82.7 Å². The number of pyridine rings is 1. The number of hydrogen-bond acceptors (Lipinski definition) is 5. The maximum Gasteiger partial charge on any atom is 0.323 e. The summed E-state index contributed by atoms with van der Waals surface area (Å²) in [4.78, 5) is 19.7. The van der Waals surface area contributed by atoms with Gasteiger partial charge in [-0.05, 0) is 25.3 Å². The predicted molar refractivity (Wildman–Crippen MR) is 96.8 cm³/mol. The van der Waals surface area contributed by atoms with Gasteiger partial charge >= 0.3 is 5.97 Å². The van der Waals surface area contributed by atoms with Crippen molar-refractivity contribution in [1.29, 1.82) is 0 Å². The Balaban J connectivity index is 2.07. The van der Waals surface area contributed by atoms with Crippen LogP contribution in [-0.4, -0.2) is 48.8 Å². The number of aromatic nitrogens is 1. The summed E-state index contributed by atoms with van der Waals surface area (Å²) in [6, 6.07) is 6.45. The molecule has 3 rings (SSSR count). The van der Waals surface area contributed by atoms with Crippen LogP contribution in [0.15, 0.2) is 24.4 Å². The van der Waals surface area contributed by atoms with E-state index in [1.165, 1.54) is 0 Å². The first-order valence-corrected chi connectivity index (χ1v) is 8.29. The van der Waals surface area contributed by atoms with Crippen molar-refractivity contribution in [2.45, 2.75) is 25.8 Å². The van der Waals surface area contributed by atoms with Crippen molar-refractivity contribution in [3.8, 4) is 0 Å². The highest BCUT2D eigenvalue weighted by molar-refractivity contribution is 6.02. The van der Waals surface area contributed by atoms with Gasteiger partial charge in [0.15, 0.2) is 0 Å². The third-order valence-electron chi connectivity index (χ3n) is 4.70. The van der Waals surface area contributed by atoms with E-state index in [9.17, 15) is 4.79 Å². The van der Waals surface area contributed by atoms with E-state index in [2.05, 4.69) is 16.0 Å². The number of nitrogens with zero attached hydrogens (tertiary/aromatic N) is 3. The van der Waals surface area contributed by atoms with Gasteiger partial charge in [0.05, 0.1) is 11.9 Å². The number of piperidine rings is 1. The zero-order valence-corrected chi connectivity index (χ0v) is 14.2. The van der Waals surface area contributed by atoms with Crippen LogP contribution in [0.5, 0.6) is 0 Å². The quantitative estimate of drug-likeness (QED) is 0.893. The molecule has 3 N–H and O–H groups in total. The van der Waals surface area contributed by atoms with Gasteiger partial charge in [-0.1, -0.05) is 18.2 Å². The van der Waals surface area contributed by atoms with E-state index in [1.807, 2.05) is 25.3 Å². The molecule has 0 bridgehead atoms. The molecule has 0 aliphatic carbocycles. The lowest BCUT2D eigenvalue weighted by Crippen LogP contribution is -2.39. The van der Waals surface area contributed by atoms with Crippen LogP contribution in [0.4, 0.5) is 11.5 Å². The number of rotatable bonds is 4. The third kappa shape index (κ3) is 3.14. The second-order valence-electron chi connectivity index (χ2n) is 6.54. The molecule has 1 aromatic heterocycles. The summed E-state index contributed by atoms with van der Waals surface area (Å²) in [7, 11) is 1.77. The summed E-state index contributed by atoms with van der Waals surface area (Å²) < 4.78 is 0. The van der Waals surface area contributed by atoms with Gasteiger partial charge < -0.3 is 20.6 Å². The molecule has 0 spiro atoms. The molecule has 1 saturated heterocycles. The predicted octanol–water partition coefficient (Wildman–Crippen LogP) is 1.99. The van der Waals surface area contributed by atoms with Crippen molar-refractivity contribution in [2.75, 3.05) is 36.5 Å². The Morgan fingerprint density at radius 3 is 2.79 bits per heavy atom. The number of aryl methyl sites for hydroxylation is 1. The van der Waals surface area contributed by atoms with E-state index in [-0.39, 0.29) is 12.6 Å². The molecular weight excluding hydrogens is 304 g/mol. The molecule has 1 fully saturated rings. The number of hydrogen-bond donors (Lipinski definition) is 2. The number of aliphatic carboxylic acids is 1. The molecule has 2 aromatic rings. The van der Waals surface area contributed by atoms with Crippen molar-refractivity contribution < 1.29 is 9.90 Å². The summed E-state index contributed by atoms with van der Waals surface area (Å²) in [5.41, 5.74) is 8.22. The highest BCUT2D eigenvalue weighted by Gasteiger charge is 2.21. The second kappa shape index (κ2) is 6.65. The summed E-state index contributed by atoms with van der Waals surface area (Å²) >= 11 is 0. The van der Waals surface area contributed by atoms with Crippen LogP contribution in [0.1, 0.15) is 18.4 Å². The number of carboxylic acids is 1. The van der Waals surface area contributed by atoms with Gasteiger partial charge in [0.1, 0.15) is 12.4 Å². The molecule has 0 unspecified atom stereocenters. The monoisotopic (exact) mass is 328 g/mol. The average Bonchev–Trinajstić information content (AvgIpc) is 2.54. The van der Waals surface area contributed by atoms with Gasteiger partial charge in [0.25, 0.3) is 0 Å². The lowest BCUT2D eigenvalue weighted by molar-refractivity contribution is -0.135. The van der Waals surface area contributed by atoms with Gasteiger partial charge in [-0.15, -0.1) is 0 Å². The third-order valence-corrected chi connectivity index (χ3v) is 4.70.